The number of ether oxygens (including phenoxy) is 1. The van der Waals surface area contributed by atoms with Gasteiger partial charge in [0.05, 0.1) is 6.61 Å². The summed E-state index contributed by atoms with van der Waals surface area (Å²) in [7, 11) is 0. The van der Waals surface area contributed by atoms with E-state index in [1.54, 1.807) is 0 Å². The molecular weight excluding hydrogens is 142 g/mol. The van der Waals surface area contributed by atoms with E-state index >= 15 is 0 Å². The molecule has 0 aliphatic carbocycles. The molecule has 0 saturated heterocycles. The molecule has 0 heterocycles. The van der Waals surface area contributed by atoms with Gasteiger partial charge in [0, 0.05) is 0 Å². The molecule has 0 aliphatic rings. The van der Waals surface area contributed by atoms with E-state index in [9.17, 15) is 13.6 Å². The zero-order valence-corrected chi connectivity index (χ0v) is 5.78. The van der Waals surface area contributed by atoms with Gasteiger partial charge in [-0.1, -0.05) is 0 Å². The lowest BCUT2D eigenvalue weighted by Gasteiger charge is -1.96. The molecule has 4 heteroatoms. The van der Waals surface area contributed by atoms with Gasteiger partial charge in [-0.05, 0) is 13.8 Å². The number of hydrogen-bond donors (Lipinski definition) is 0. The Morgan fingerprint density at radius 3 is 2.30 bits per heavy atom. The lowest BCUT2D eigenvalue weighted by molar-refractivity contribution is -0.140. The van der Waals surface area contributed by atoms with E-state index in [1.807, 2.05) is 0 Å². The van der Waals surface area contributed by atoms with Crippen molar-refractivity contribution < 1.29 is 18.3 Å². The monoisotopic (exact) mass is 150 g/mol. The van der Waals surface area contributed by atoms with Crippen LogP contribution >= 0.6 is 0 Å². The summed E-state index contributed by atoms with van der Waals surface area (Å²) in [4.78, 5) is 10.3. The first-order valence-corrected chi connectivity index (χ1v) is 2.78. The molecule has 0 rings (SSSR count). The second-order valence-corrected chi connectivity index (χ2v) is 1.57. The van der Waals surface area contributed by atoms with Gasteiger partial charge in [-0.25, -0.2) is 9.18 Å². The molecule has 0 fully saturated rings. The van der Waals surface area contributed by atoms with Gasteiger partial charge >= 0.3 is 5.97 Å². The SMILES string of the molecule is CCOC(=O)/C(F)=C(/C)F. The normalized spacial score (nSPS) is 12.4. The molecule has 0 atom stereocenters. The van der Waals surface area contributed by atoms with Crippen LogP contribution in [0.1, 0.15) is 13.8 Å². The highest BCUT2D eigenvalue weighted by Gasteiger charge is 2.12. The zero-order valence-electron chi connectivity index (χ0n) is 5.78. The van der Waals surface area contributed by atoms with Crippen LogP contribution in [0, 0.1) is 0 Å². The molecule has 0 radical (unpaired) electrons. The Morgan fingerprint density at radius 2 is 2.00 bits per heavy atom. The summed E-state index contributed by atoms with van der Waals surface area (Å²) in [5, 5.41) is 0. The average Bonchev–Trinajstić information content (AvgIpc) is 1.87. The molecule has 0 saturated carbocycles. The summed E-state index contributed by atoms with van der Waals surface area (Å²) in [6.45, 7) is 2.41. The van der Waals surface area contributed by atoms with E-state index in [0.29, 0.717) is 0 Å². The van der Waals surface area contributed by atoms with Crippen molar-refractivity contribution in [3.05, 3.63) is 11.7 Å². The maximum Gasteiger partial charge on any atom is 0.369 e. The smallest absolute Gasteiger partial charge is 0.369 e. The third-order valence-electron chi connectivity index (χ3n) is 0.757. The fraction of sp³-hybridized carbons (Fsp3) is 0.500. The van der Waals surface area contributed by atoms with Crippen molar-refractivity contribution in [2.24, 2.45) is 0 Å². The predicted molar refractivity (Wildman–Crippen MR) is 31.5 cm³/mol. The summed E-state index contributed by atoms with van der Waals surface area (Å²) in [6, 6.07) is 0. The molecule has 0 aliphatic heterocycles. The number of esters is 1. The van der Waals surface area contributed by atoms with Crippen LogP contribution in [0.5, 0.6) is 0 Å². The number of carbonyl (C=O) groups is 1. The molecule has 0 bridgehead atoms. The summed E-state index contributed by atoms with van der Waals surface area (Å²) < 4.78 is 28.2. The predicted octanol–water partition coefficient (Wildman–Crippen LogP) is 1.72. The fourth-order valence-electron chi connectivity index (χ4n) is 0.335. The quantitative estimate of drug-likeness (QED) is 0.442. The standard InChI is InChI=1S/C6H8F2O2/c1-3-10-6(9)5(8)4(2)7/h3H2,1-2H3/b5-4+. The fourth-order valence-corrected chi connectivity index (χ4v) is 0.335. The minimum Gasteiger partial charge on any atom is -0.461 e. The topological polar surface area (TPSA) is 26.3 Å². The van der Waals surface area contributed by atoms with Crippen molar-refractivity contribution in [1.82, 2.24) is 0 Å². The Hall–Kier alpha value is -0.930. The third kappa shape index (κ3) is 2.57. The molecule has 0 amide bonds. The molecule has 0 unspecified atom stereocenters. The largest absolute Gasteiger partial charge is 0.461 e. The molecule has 58 valence electrons. The van der Waals surface area contributed by atoms with Crippen LogP contribution < -0.4 is 0 Å². The second-order valence-electron chi connectivity index (χ2n) is 1.57. The first-order chi connectivity index (χ1) is 4.59. The lowest BCUT2D eigenvalue weighted by Crippen LogP contribution is -2.04. The maximum absolute atomic E-state index is 12.1. The molecule has 0 N–H and O–H groups in total. The summed E-state index contributed by atoms with van der Waals surface area (Å²) in [6.07, 6.45) is 0. The maximum atomic E-state index is 12.1. The number of carbonyl (C=O) groups excluding carboxylic acids is 1. The van der Waals surface area contributed by atoms with Gasteiger partial charge in [0.2, 0.25) is 5.83 Å². The molecule has 0 spiro atoms. The Bertz CT molecular complexity index is 159. The molecule has 0 aromatic rings. The van der Waals surface area contributed by atoms with E-state index < -0.39 is 17.6 Å². The number of allylic oxidation sites excluding steroid dienone is 1. The van der Waals surface area contributed by atoms with Crippen LogP contribution in [-0.2, 0) is 9.53 Å². The third-order valence-corrected chi connectivity index (χ3v) is 0.757. The lowest BCUT2D eigenvalue weighted by atomic mass is 10.5. The van der Waals surface area contributed by atoms with Crippen LogP contribution in [0.4, 0.5) is 8.78 Å². The average molecular weight is 150 g/mol. The van der Waals surface area contributed by atoms with E-state index in [1.165, 1.54) is 6.92 Å². The Balaban J connectivity index is 4.09. The Kier molecular flexibility index (Phi) is 3.61. The summed E-state index contributed by atoms with van der Waals surface area (Å²) in [5.41, 5.74) is 0. The summed E-state index contributed by atoms with van der Waals surface area (Å²) >= 11 is 0. The van der Waals surface area contributed by atoms with Crippen molar-refractivity contribution in [2.45, 2.75) is 13.8 Å². The van der Waals surface area contributed by atoms with Gasteiger partial charge in [-0.15, -0.1) is 0 Å². The van der Waals surface area contributed by atoms with E-state index in [2.05, 4.69) is 4.74 Å². The van der Waals surface area contributed by atoms with E-state index in [-0.39, 0.29) is 6.61 Å². The van der Waals surface area contributed by atoms with Crippen molar-refractivity contribution in [3.63, 3.8) is 0 Å². The zero-order chi connectivity index (χ0) is 8.15. The first-order valence-electron chi connectivity index (χ1n) is 2.78. The van der Waals surface area contributed by atoms with Gasteiger partial charge in [0.15, 0.2) is 0 Å². The van der Waals surface area contributed by atoms with Gasteiger partial charge in [0.25, 0.3) is 0 Å². The molecule has 2 nitrogen and oxygen atoms in total. The molecular formula is C6H8F2O2. The Labute approximate surface area is 57.5 Å². The van der Waals surface area contributed by atoms with Crippen molar-refractivity contribution in [3.8, 4) is 0 Å². The highest BCUT2D eigenvalue weighted by Crippen LogP contribution is 2.07. The number of halogens is 2. The summed E-state index contributed by atoms with van der Waals surface area (Å²) in [5.74, 6) is -3.86. The van der Waals surface area contributed by atoms with Crippen LogP contribution in [0.2, 0.25) is 0 Å². The van der Waals surface area contributed by atoms with Gasteiger partial charge < -0.3 is 4.74 Å². The van der Waals surface area contributed by atoms with E-state index in [0.717, 1.165) is 6.92 Å². The Morgan fingerprint density at radius 1 is 1.50 bits per heavy atom. The number of rotatable bonds is 2. The van der Waals surface area contributed by atoms with Crippen LogP contribution in [0.15, 0.2) is 11.7 Å². The highest BCUT2D eigenvalue weighted by molar-refractivity contribution is 5.86. The molecule has 0 aromatic heterocycles. The van der Waals surface area contributed by atoms with Crippen LogP contribution in [-0.4, -0.2) is 12.6 Å². The van der Waals surface area contributed by atoms with Crippen molar-refractivity contribution in [1.29, 1.82) is 0 Å². The van der Waals surface area contributed by atoms with Gasteiger partial charge in [0.1, 0.15) is 5.83 Å². The minimum absolute atomic E-state index is 0.0412. The van der Waals surface area contributed by atoms with Gasteiger partial charge in [-0.2, -0.15) is 4.39 Å². The number of hydrogen-bond acceptors (Lipinski definition) is 2. The first kappa shape index (κ1) is 9.07. The van der Waals surface area contributed by atoms with Crippen molar-refractivity contribution in [2.75, 3.05) is 6.61 Å². The van der Waals surface area contributed by atoms with Gasteiger partial charge in [-0.3, -0.25) is 0 Å². The molecule has 10 heavy (non-hydrogen) atoms. The van der Waals surface area contributed by atoms with E-state index in [4.69, 9.17) is 0 Å². The molecule has 0 aromatic carbocycles. The second kappa shape index (κ2) is 3.98. The van der Waals surface area contributed by atoms with Crippen LogP contribution in [0.25, 0.3) is 0 Å². The minimum atomic E-state index is -1.46. The van der Waals surface area contributed by atoms with Crippen molar-refractivity contribution >= 4 is 5.97 Å². The van der Waals surface area contributed by atoms with Crippen LogP contribution in [0.3, 0.4) is 0 Å². The highest BCUT2D eigenvalue weighted by atomic mass is 19.2.